The highest BCUT2D eigenvalue weighted by molar-refractivity contribution is 7.15. The zero-order valence-corrected chi connectivity index (χ0v) is 13.3. The molecular formula is C15H15FN4O2S. The molecule has 0 bridgehead atoms. The molecule has 2 amide bonds. The summed E-state index contributed by atoms with van der Waals surface area (Å²) in [5.74, 6) is -1.18. The van der Waals surface area contributed by atoms with Crippen molar-refractivity contribution in [1.82, 2.24) is 10.2 Å². The average Bonchev–Trinajstić information content (AvgIpc) is 2.98. The molecule has 23 heavy (non-hydrogen) atoms. The van der Waals surface area contributed by atoms with E-state index in [1.807, 2.05) is 6.92 Å². The van der Waals surface area contributed by atoms with E-state index < -0.39 is 11.7 Å². The van der Waals surface area contributed by atoms with Crippen molar-refractivity contribution in [2.24, 2.45) is 0 Å². The minimum absolute atomic E-state index is 0.199. The van der Waals surface area contributed by atoms with Crippen LogP contribution in [0.15, 0.2) is 18.2 Å². The summed E-state index contributed by atoms with van der Waals surface area (Å²) in [6.45, 7) is 1.70. The van der Waals surface area contributed by atoms with Crippen LogP contribution in [0.1, 0.15) is 23.9 Å². The van der Waals surface area contributed by atoms with Gasteiger partial charge in [-0.05, 0) is 24.5 Å². The van der Waals surface area contributed by atoms with Crippen LogP contribution in [0.3, 0.4) is 0 Å². The third kappa shape index (κ3) is 3.21. The molecule has 1 aromatic carbocycles. The smallest absolute Gasteiger partial charge is 0.246 e. The highest BCUT2D eigenvalue weighted by atomic mass is 32.1. The van der Waals surface area contributed by atoms with Crippen LogP contribution in [0.4, 0.5) is 15.2 Å². The van der Waals surface area contributed by atoms with Gasteiger partial charge in [0.15, 0.2) is 0 Å². The molecule has 1 aliphatic heterocycles. The first-order chi connectivity index (χ1) is 11.1. The number of aromatic nitrogens is 2. The Bertz CT molecular complexity index is 762. The summed E-state index contributed by atoms with van der Waals surface area (Å²) < 4.78 is 14.1. The Labute approximate surface area is 136 Å². The molecule has 0 spiro atoms. The third-order valence-electron chi connectivity index (χ3n) is 3.57. The zero-order valence-electron chi connectivity index (χ0n) is 12.5. The first-order valence-corrected chi connectivity index (χ1v) is 8.10. The van der Waals surface area contributed by atoms with E-state index in [1.54, 1.807) is 12.1 Å². The monoisotopic (exact) mass is 334 g/mol. The summed E-state index contributed by atoms with van der Waals surface area (Å²) in [5.41, 5.74) is 0.937. The molecule has 6 nitrogen and oxygen atoms in total. The van der Waals surface area contributed by atoms with Gasteiger partial charge in [-0.15, -0.1) is 10.2 Å². The first-order valence-electron chi connectivity index (χ1n) is 7.28. The molecule has 1 aliphatic rings. The number of para-hydroxylation sites is 1. The number of aryl methyl sites for hydroxylation is 2. The number of carbonyl (C=O) groups is 2. The molecule has 3 rings (SSSR count). The van der Waals surface area contributed by atoms with Crippen molar-refractivity contribution in [3.8, 4) is 0 Å². The van der Waals surface area contributed by atoms with E-state index in [9.17, 15) is 14.0 Å². The van der Waals surface area contributed by atoms with Crippen molar-refractivity contribution in [2.45, 2.75) is 26.2 Å². The average molecular weight is 334 g/mol. The number of hydrogen-bond donors (Lipinski definition) is 1. The number of benzene rings is 1. The quantitative estimate of drug-likeness (QED) is 0.930. The van der Waals surface area contributed by atoms with Gasteiger partial charge in [0.25, 0.3) is 0 Å². The lowest BCUT2D eigenvalue weighted by Gasteiger charge is -2.29. The molecule has 0 saturated carbocycles. The van der Waals surface area contributed by atoms with Crippen molar-refractivity contribution in [1.29, 1.82) is 0 Å². The molecule has 0 fully saturated rings. The van der Waals surface area contributed by atoms with Gasteiger partial charge in [-0.3, -0.25) is 19.8 Å². The van der Waals surface area contributed by atoms with Crippen LogP contribution in [0.5, 0.6) is 0 Å². The standard InChI is InChI=1S/C15H15FN4O2S/c1-2-12-18-19-15(23-12)17-11(21)8-20-13(22)7-6-9-4-3-5-10(16)14(9)20/h3-5H,2,6-8H2,1H3,(H,17,19,21). The second-order valence-electron chi connectivity index (χ2n) is 5.13. The topological polar surface area (TPSA) is 75.2 Å². The van der Waals surface area contributed by atoms with Crippen molar-refractivity contribution in [3.05, 3.63) is 34.6 Å². The van der Waals surface area contributed by atoms with Crippen LogP contribution in [-0.4, -0.2) is 28.6 Å². The fraction of sp³-hybridized carbons (Fsp3) is 0.333. The summed E-state index contributed by atoms with van der Waals surface area (Å²) in [6.07, 6.45) is 1.49. The van der Waals surface area contributed by atoms with Gasteiger partial charge in [0.1, 0.15) is 17.4 Å². The Morgan fingerprint density at radius 1 is 1.39 bits per heavy atom. The van der Waals surface area contributed by atoms with E-state index in [-0.39, 0.29) is 24.6 Å². The van der Waals surface area contributed by atoms with E-state index in [0.717, 1.165) is 17.0 Å². The number of hydrogen-bond acceptors (Lipinski definition) is 5. The van der Waals surface area contributed by atoms with Crippen LogP contribution in [0, 0.1) is 5.82 Å². The van der Waals surface area contributed by atoms with Crippen molar-refractivity contribution in [2.75, 3.05) is 16.8 Å². The Morgan fingerprint density at radius 2 is 2.22 bits per heavy atom. The van der Waals surface area contributed by atoms with Gasteiger partial charge < -0.3 is 0 Å². The van der Waals surface area contributed by atoms with Crippen LogP contribution in [0.2, 0.25) is 0 Å². The highest BCUT2D eigenvalue weighted by Crippen LogP contribution is 2.30. The fourth-order valence-electron chi connectivity index (χ4n) is 2.48. The maximum atomic E-state index is 14.1. The fourth-order valence-corrected chi connectivity index (χ4v) is 3.18. The van der Waals surface area contributed by atoms with E-state index >= 15 is 0 Å². The molecule has 0 saturated heterocycles. The largest absolute Gasteiger partial charge is 0.300 e. The number of anilines is 2. The van der Waals surface area contributed by atoms with Crippen LogP contribution >= 0.6 is 11.3 Å². The summed E-state index contributed by atoms with van der Waals surface area (Å²) in [5, 5.41) is 11.6. The molecular weight excluding hydrogens is 319 g/mol. The second kappa shape index (κ2) is 6.41. The zero-order chi connectivity index (χ0) is 16.4. The Kier molecular flexibility index (Phi) is 4.33. The third-order valence-corrected chi connectivity index (χ3v) is 4.55. The summed E-state index contributed by atoms with van der Waals surface area (Å²) in [6, 6.07) is 4.67. The van der Waals surface area contributed by atoms with Gasteiger partial charge in [-0.2, -0.15) is 0 Å². The van der Waals surface area contributed by atoms with Gasteiger partial charge in [0.2, 0.25) is 16.9 Å². The number of nitrogens with zero attached hydrogens (tertiary/aromatic N) is 3. The molecule has 1 aromatic heterocycles. The molecule has 0 radical (unpaired) electrons. The predicted molar refractivity (Wildman–Crippen MR) is 85.0 cm³/mol. The number of nitrogens with one attached hydrogen (secondary N) is 1. The molecule has 8 heteroatoms. The van der Waals surface area contributed by atoms with Gasteiger partial charge >= 0.3 is 0 Å². The van der Waals surface area contributed by atoms with Crippen LogP contribution in [-0.2, 0) is 22.4 Å². The van der Waals surface area contributed by atoms with Crippen molar-refractivity contribution >= 4 is 34.0 Å². The molecule has 2 heterocycles. The maximum Gasteiger partial charge on any atom is 0.246 e. The Hall–Kier alpha value is -2.35. The lowest BCUT2D eigenvalue weighted by molar-refractivity contribution is -0.121. The van der Waals surface area contributed by atoms with Crippen LogP contribution < -0.4 is 10.2 Å². The van der Waals surface area contributed by atoms with Gasteiger partial charge in [-0.1, -0.05) is 30.4 Å². The predicted octanol–water partition coefficient (Wildman–Crippen LogP) is 2.16. The molecule has 0 atom stereocenters. The SMILES string of the molecule is CCc1nnc(NC(=O)CN2C(=O)CCc3cccc(F)c32)s1. The second-order valence-corrected chi connectivity index (χ2v) is 6.19. The Morgan fingerprint density at radius 3 is 2.96 bits per heavy atom. The summed E-state index contributed by atoms with van der Waals surface area (Å²) in [7, 11) is 0. The molecule has 2 aromatic rings. The van der Waals surface area contributed by atoms with Gasteiger partial charge in [-0.25, -0.2) is 4.39 Å². The number of rotatable bonds is 4. The molecule has 120 valence electrons. The molecule has 0 unspecified atom stereocenters. The molecule has 0 aliphatic carbocycles. The number of amides is 2. The lowest BCUT2D eigenvalue weighted by Crippen LogP contribution is -2.41. The minimum Gasteiger partial charge on any atom is -0.300 e. The lowest BCUT2D eigenvalue weighted by atomic mass is 10.0. The van der Waals surface area contributed by atoms with E-state index in [1.165, 1.54) is 22.3 Å². The first kappa shape index (κ1) is 15.5. The minimum atomic E-state index is -0.493. The van der Waals surface area contributed by atoms with Crippen molar-refractivity contribution in [3.63, 3.8) is 0 Å². The van der Waals surface area contributed by atoms with Crippen molar-refractivity contribution < 1.29 is 14.0 Å². The summed E-state index contributed by atoms with van der Waals surface area (Å²) in [4.78, 5) is 25.5. The highest BCUT2D eigenvalue weighted by Gasteiger charge is 2.28. The van der Waals surface area contributed by atoms with Crippen LogP contribution in [0.25, 0.3) is 0 Å². The normalized spacial score (nSPS) is 13.8. The van der Waals surface area contributed by atoms with Gasteiger partial charge in [0.05, 0.1) is 5.69 Å². The van der Waals surface area contributed by atoms with E-state index in [4.69, 9.17) is 0 Å². The Balaban J connectivity index is 1.77. The number of fused-ring (bicyclic) bond motifs is 1. The molecule has 1 N–H and O–H groups in total. The summed E-state index contributed by atoms with van der Waals surface area (Å²) >= 11 is 1.28. The van der Waals surface area contributed by atoms with E-state index in [0.29, 0.717) is 11.6 Å². The maximum absolute atomic E-state index is 14.1. The van der Waals surface area contributed by atoms with Gasteiger partial charge in [0, 0.05) is 6.42 Å². The number of halogens is 1. The number of carbonyl (C=O) groups excluding carboxylic acids is 2. The van der Waals surface area contributed by atoms with E-state index in [2.05, 4.69) is 15.5 Å².